The van der Waals surface area contributed by atoms with Gasteiger partial charge in [0.1, 0.15) is 6.61 Å². The van der Waals surface area contributed by atoms with Crippen molar-refractivity contribution in [2.24, 2.45) is 16.6 Å². The van der Waals surface area contributed by atoms with Crippen molar-refractivity contribution < 1.29 is 19.0 Å². The number of hydrogen-bond acceptors (Lipinski definition) is 6. The van der Waals surface area contributed by atoms with Crippen LogP contribution in [0.1, 0.15) is 24.8 Å². The summed E-state index contributed by atoms with van der Waals surface area (Å²) in [6, 6.07) is 5.73. The summed E-state index contributed by atoms with van der Waals surface area (Å²) in [7, 11) is 3.26. The molecule has 2 atom stereocenters. The molecule has 1 fully saturated rings. The number of benzene rings is 1. The lowest BCUT2D eigenvalue weighted by Gasteiger charge is -2.12. The van der Waals surface area contributed by atoms with Crippen LogP contribution in [0, 0.1) is 5.92 Å². The molecular weight excluding hydrogens is 308 g/mol. The number of carbonyl (C=O) groups is 1. The number of carbonyl (C=O) groups excluding carboxylic acids is 1. The third kappa shape index (κ3) is 4.28. The van der Waals surface area contributed by atoms with Gasteiger partial charge in [-0.05, 0) is 37.0 Å². The molecule has 0 saturated heterocycles. The van der Waals surface area contributed by atoms with Gasteiger partial charge < -0.3 is 19.9 Å². The number of rotatable bonds is 8. The topological polar surface area (TPSA) is 83.1 Å². The Kier molecular flexibility index (Phi) is 6.23. The summed E-state index contributed by atoms with van der Waals surface area (Å²) in [6.45, 7) is 2.52. The van der Waals surface area contributed by atoms with E-state index < -0.39 is 0 Å². The second-order valence-electron chi connectivity index (χ2n) is 5.53. The van der Waals surface area contributed by atoms with Gasteiger partial charge in [0.15, 0.2) is 11.5 Å². The molecule has 0 aromatic heterocycles. The molecule has 0 spiro atoms. The highest BCUT2D eigenvalue weighted by molar-refractivity contribution is 5.78. The SMILES string of the molecule is CCOC(=O)C1CC1c1ccc(OC)c(OCC(C=NC)=CN)c1. The lowest BCUT2D eigenvalue weighted by atomic mass is 10.1. The molecule has 2 rings (SSSR count). The highest BCUT2D eigenvalue weighted by Gasteiger charge is 2.45. The second-order valence-corrected chi connectivity index (χ2v) is 5.53. The molecule has 130 valence electrons. The van der Waals surface area contributed by atoms with E-state index in [2.05, 4.69) is 4.99 Å². The monoisotopic (exact) mass is 332 g/mol. The Morgan fingerprint density at radius 3 is 2.83 bits per heavy atom. The van der Waals surface area contributed by atoms with Gasteiger partial charge in [0.25, 0.3) is 0 Å². The summed E-state index contributed by atoms with van der Waals surface area (Å²) >= 11 is 0. The van der Waals surface area contributed by atoms with Crippen molar-refractivity contribution in [2.45, 2.75) is 19.3 Å². The van der Waals surface area contributed by atoms with Crippen LogP contribution in [0.15, 0.2) is 35.0 Å². The maximum Gasteiger partial charge on any atom is 0.309 e. The minimum atomic E-state index is -0.131. The smallest absolute Gasteiger partial charge is 0.309 e. The van der Waals surface area contributed by atoms with Gasteiger partial charge in [-0.25, -0.2) is 0 Å². The molecule has 0 heterocycles. The number of nitrogens with zero attached hydrogens (tertiary/aromatic N) is 1. The van der Waals surface area contributed by atoms with Gasteiger partial charge in [-0.3, -0.25) is 9.79 Å². The molecule has 0 aliphatic heterocycles. The number of aliphatic imine (C=N–C) groups is 1. The summed E-state index contributed by atoms with van der Waals surface area (Å²) in [5.74, 6) is 1.25. The Bertz CT molecular complexity index is 640. The van der Waals surface area contributed by atoms with Crippen LogP contribution in [-0.2, 0) is 9.53 Å². The van der Waals surface area contributed by atoms with Crippen molar-refractivity contribution >= 4 is 12.2 Å². The third-order valence-electron chi connectivity index (χ3n) is 3.90. The average Bonchev–Trinajstić information content (AvgIpc) is 3.39. The first-order chi connectivity index (χ1) is 11.6. The minimum Gasteiger partial charge on any atom is -0.493 e. The summed E-state index contributed by atoms with van der Waals surface area (Å²) in [5, 5.41) is 0. The van der Waals surface area contributed by atoms with Crippen LogP contribution in [-0.4, -0.2) is 39.6 Å². The van der Waals surface area contributed by atoms with Gasteiger partial charge in [0, 0.05) is 25.0 Å². The van der Waals surface area contributed by atoms with Crippen LogP contribution in [0.5, 0.6) is 11.5 Å². The summed E-state index contributed by atoms with van der Waals surface area (Å²) in [6.07, 6.45) is 3.91. The molecule has 6 heteroatoms. The van der Waals surface area contributed by atoms with Crippen molar-refractivity contribution in [1.29, 1.82) is 0 Å². The van der Waals surface area contributed by atoms with E-state index >= 15 is 0 Å². The Labute approximate surface area is 142 Å². The molecule has 1 aliphatic carbocycles. The Balaban J connectivity index is 2.09. The maximum atomic E-state index is 11.8. The summed E-state index contributed by atoms with van der Waals surface area (Å²) in [4.78, 5) is 15.7. The van der Waals surface area contributed by atoms with Crippen molar-refractivity contribution in [2.75, 3.05) is 27.4 Å². The van der Waals surface area contributed by atoms with Crippen LogP contribution in [0.4, 0.5) is 0 Å². The van der Waals surface area contributed by atoms with E-state index in [1.807, 2.05) is 25.1 Å². The molecule has 24 heavy (non-hydrogen) atoms. The largest absolute Gasteiger partial charge is 0.493 e. The van der Waals surface area contributed by atoms with Gasteiger partial charge in [-0.15, -0.1) is 0 Å². The maximum absolute atomic E-state index is 11.8. The second kappa shape index (κ2) is 8.38. The van der Waals surface area contributed by atoms with Crippen LogP contribution < -0.4 is 15.2 Å². The zero-order chi connectivity index (χ0) is 17.5. The summed E-state index contributed by atoms with van der Waals surface area (Å²) in [5.41, 5.74) is 7.36. The standard InChI is InChI=1S/C18H24N2O4/c1-4-23-18(21)15-8-14(15)13-5-6-16(22-3)17(7-13)24-11-12(9-19)10-20-2/h5-7,9-10,14-15H,4,8,11,19H2,1-3H3. The van der Waals surface area contributed by atoms with Gasteiger partial charge in [-0.1, -0.05) is 6.07 Å². The third-order valence-corrected chi connectivity index (χ3v) is 3.90. The first kappa shape index (κ1) is 17.8. The van der Waals surface area contributed by atoms with Gasteiger partial charge in [0.2, 0.25) is 0 Å². The van der Waals surface area contributed by atoms with E-state index in [1.165, 1.54) is 6.20 Å². The predicted octanol–water partition coefficient (Wildman–Crippen LogP) is 2.28. The highest BCUT2D eigenvalue weighted by atomic mass is 16.5. The minimum absolute atomic E-state index is 0.0575. The number of esters is 1. The highest BCUT2D eigenvalue weighted by Crippen LogP contribution is 2.49. The molecule has 1 aliphatic rings. The molecule has 0 radical (unpaired) electrons. The quantitative estimate of drug-likeness (QED) is 0.583. The predicted molar refractivity (Wildman–Crippen MR) is 92.7 cm³/mol. The number of methoxy groups -OCH3 is 1. The molecule has 1 aromatic carbocycles. The van der Waals surface area contributed by atoms with E-state index in [0.29, 0.717) is 24.7 Å². The van der Waals surface area contributed by atoms with Gasteiger partial charge >= 0.3 is 5.97 Å². The Morgan fingerprint density at radius 1 is 1.42 bits per heavy atom. The lowest BCUT2D eigenvalue weighted by Crippen LogP contribution is -2.08. The Hall–Kier alpha value is -2.50. The van der Waals surface area contributed by atoms with Gasteiger partial charge in [-0.2, -0.15) is 0 Å². The molecule has 2 unspecified atom stereocenters. The van der Waals surface area contributed by atoms with Crippen molar-refractivity contribution in [3.63, 3.8) is 0 Å². The molecule has 2 N–H and O–H groups in total. The van der Waals surface area contributed by atoms with Crippen molar-refractivity contribution in [3.05, 3.63) is 35.5 Å². The zero-order valence-corrected chi connectivity index (χ0v) is 14.3. The first-order valence-corrected chi connectivity index (χ1v) is 7.94. The molecule has 0 amide bonds. The fourth-order valence-corrected chi connectivity index (χ4v) is 2.57. The van der Waals surface area contributed by atoms with Crippen molar-refractivity contribution in [3.8, 4) is 11.5 Å². The first-order valence-electron chi connectivity index (χ1n) is 7.94. The zero-order valence-electron chi connectivity index (χ0n) is 14.3. The number of nitrogens with two attached hydrogens (primary N) is 1. The average molecular weight is 332 g/mol. The van der Waals surface area contributed by atoms with E-state index in [1.54, 1.807) is 20.4 Å². The van der Waals surface area contributed by atoms with Crippen LogP contribution in [0.2, 0.25) is 0 Å². The van der Waals surface area contributed by atoms with E-state index in [9.17, 15) is 4.79 Å². The fraction of sp³-hybridized carbons (Fsp3) is 0.444. The van der Waals surface area contributed by atoms with Crippen LogP contribution >= 0.6 is 0 Å². The molecule has 6 nitrogen and oxygen atoms in total. The van der Waals surface area contributed by atoms with Crippen LogP contribution in [0.25, 0.3) is 0 Å². The van der Waals surface area contributed by atoms with Crippen molar-refractivity contribution in [1.82, 2.24) is 0 Å². The van der Waals surface area contributed by atoms with E-state index in [0.717, 1.165) is 17.6 Å². The van der Waals surface area contributed by atoms with E-state index in [-0.39, 0.29) is 17.8 Å². The molecular formula is C18H24N2O4. The lowest BCUT2D eigenvalue weighted by molar-refractivity contribution is -0.144. The number of hydrogen-bond donors (Lipinski definition) is 1. The normalized spacial score (nSPS) is 20.0. The number of ether oxygens (including phenoxy) is 3. The summed E-state index contributed by atoms with van der Waals surface area (Å²) < 4.78 is 16.2. The van der Waals surface area contributed by atoms with Crippen LogP contribution in [0.3, 0.4) is 0 Å². The van der Waals surface area contributed by atoms with E-state index in [4.69, 9.17) is 19.9 Å². The molecule has 0 bridgehead atoms. The fourth-order valence-electron chi connectivity index (χ4n) is 2.57. The Morgan fingerprint density at radius 2 is 2.21 bits per heavy atom. The molecule has 1 saturated carbocycles. The van der Waals surface area contributed by atoms with Gasteiger partial charge in [0.05, 0.1) is 19.6 Å². The molecule has 1 aromatic rings.